The number of hydrogen-bond acceptors (Lipinski definition) is 6. The fourth-order valence-corrected chi connectivity index (χ4v) is 1.86. The van der Waals surface area contributed by atoms with Crippen molar-refractivity contribution in [1.82, 2.24) is 9.71 Å². The van der Waals surface area contributed by atoms with Crippen LogP contribution < -0.4 is 20.5 Å². The summed E-state index contributed by atoms with van der Waals surface area (Å²) >= 11 is 0. The van der Waals surface area contributed by atoms with Gasteiger partial charge in [0.05, 0.1) is 17.5 Å². The molecule has 0 aliphatic rings. The Hall–Kier alpha value is -1.54. The Morgan fingerprint density at radius 3 is 2.68 bits per heavy atom. The highest BCUT2D eigenvalue weighted by Gasteiger charge is 2.08. The maximum Gasteiger partial charge on any atom is 0.239 e. The van der Waals surface area contributed by atoms with Crippen LogP contribution in [0.5, 0.6) is 5.88 Å². The molecule has 0 aliphatic heterocycles. The minimum absolute atomic E-state index is 0.0318. The van der Waals surface area contributed by atoms with Gasteiger partial charge in [0.1, 0.15) is 5.82 Å². The Morgan fingerprint density at radius 2 is 2.11 bits per heavy atom. The lowest BCUT2D eigenvalue weighted by Gasteiger charge is -2.13. The molecule has 0 radical (unpaired) electrons. The third kappa shape index (κ3) is 5.31. The molecule has 0 unspecified atom stereocenters. The normalized spacial score (nSPS) is 11.6. The molecule has 7 nitrogen and oxygen atoms in total. The topological polar surface area (TPSA) is 106 Å². The van der Waals surface area contributed by atoms with Crippen LogP contribution >= 0.6 is 0 Å². The van der Waals surface area contributed by atoms with Crippen LogP contribution in [0.25, 0.3) is 0 Å². The number of sulfonamides is 1. The summed E-state index contributed by atoms with van der Waals surface area (Å²) in [5, 5.41) is 2.91. The molecule has 0 atom stereocenters. The summed E-state index contributed by atoms with van der Waals surface area (Å²) in [6.07, 6.45) is -0.0327. The maximum absolute atomic E-state index is 11.2. The SMILES string of the molecule is CNS(=O)(=O)CCNc1ccc(N)c(OC(C)C)n1. The molecule has 1 aromatic rings. The molecule has 1 heterocycles. The molecule has 0 bridgehead atoms. The highest BCUT2D eigenvalue weighted by Crippen LogP contribution is 2.21. The molecule has 0 fully saturated rings. The summed E-state index contributed by atoms with van der Waals surface area (Å²) in [5.74, 6) is 0.836. The average Bonchev–Trinajstić information content (AvgIpc) is 2.32. The molecule has 19 heavy (non-hydrogen) atoms. The number of ether oxygens (including phenoxy) is 1. The van der Waals surface area contributed by atoms with Crippen LogP contribution in [0.15, 0.2) is 12.1 Å². The van der Waals surface area contributed by atoms with Gasteiger partial charge in [-0.3, -0.25) is 0 Å². The van der Waals surface area contributed by atoms with E-state index in [4.69, 9.17) is 10.5 Å². The molecule has 1 rings (SSSR count). The van der Waals surface area contributed by atoms with Crippen molar-refractivity contribution in [3.63, 3.8) is 0 Å². The van der Waals surface area contributed by atoms with E-state index in [9.17, 15) is 8.42 Å². The minimum atomic E-state index is -3.22. The monoisotopic (exact) mass is 288 g/mol. The molecule has 0 aromatic carbocycles. The van der Waals surface area contributed by atoms with Crippen molar-refractivity contribution >= 4 is 21.5 Å². The van der Waals surface area contributed by atoms with Gasteiger partial charge in [0.15, 0.2) is 0 Å². The first-order chi connectivity index (χ1) is 8.84. The Kier molecular flexibility index (Phi) is 5.37. The number of pyridine rings is 1. The first-order valence-electron chi connectivity index (χ1n) is 5.92. The number of hydrogen-bond donors (Lipinski definition) is 3. The lowest BCUT2D eigenvalue weighted by Crippen LogP contribution is -2.26. The van der Waals surface area contributed by atoms with Crippen LogP contribution in [0.1, 0.15) is 13.8 Å². The van der Waals surface area contributed by atoms with E-state index < -0.39 is 10.0 Å². The summed E-state index contributed by atoms with van der Waals surface area (Å²) in [6.45, 7) is 4.00. The third-order valence-corrected chi connectivity index (χ3v) is 3.59. The Bertz CT molecular complexity index is 517. The number of nitrogens with two attached hydrogens (primary N) is 1. The summed E-state index contributed by atoms with van der Waals surface area (Å²) in [4.78, 5) is 4.18. The van der Waals surface area contributed by atoms with E-state index in [0.717, 1.165) is 0 Å². The van der Waals surface area contributed by atoms with Crippen molar-refractivity contribution in [1.29, 1.82) is 0 Å². The number of nitrogens with one attached hydrogen (secondary N) is 2. The van der Waals surface area contributed by atoms with Crippen molar-refractivity contribution < 1.29 is 13.2 Å². The smallest absolute Gasteiger partial charge is 0.239 e. The van der Waals surface area contributed by atoms with Crippen LogP contribution in [0.2, 0.25) is 0 Å². The van der Waals surface area contributed by atoms with Crippen molar-refractivity contribution in [2.45, 2.75) is 20.0 Å². The van der Waals surface area contributed by atoms with Gasteiger partial charge in [-0.1, -0.05) is 0 Å². The fraction of sp³-hybridized carbons (Fsp3) is 0.545. The van der Waals surface area contributed by atoms with E-state index in [1.807, 2.05) is 13.8 Å². The lowest BCUT2D eigenvalue weighted by atomic mass is 10.4. The highest BCUT2D eigenvalue weighted by atomic mass is 32.2. The first kappa shape index (κ1) is 15.5. The predicted octanol–water partition coefficient (Wildman–Crippen LogP) is 0.412. The standard InChI is InChI=1S/C11H20N4O3S/c1-8(2)18-11-9(12)4-5-10(15-11)14-6-7-19(16,17)13-3/h4-5,8,13H,6-7,12H2,1-3H3,(H,14,15). The number of nitrogen functional groups attached to an aromatic ring is 1. The van der Waals surface area contributed by atoms with E-state index in [1.54, 1.807) is 12.1 Å². The van der Waals surface area contributed by atoms with Gasteiger partial charge in [0, 0.05) is 6.54 Å². The van der Waals surface area contributed by atoms with Crippen molar-refractivity contribution in [2.24, 2.45) is 0 Å². The van der Waals surface area contributed by atoms with Crippen LogP contribution in [-0.2, 0) is 10.0 Å². The van der Waals surface area contributed by atoms with Crippen molar-refractivity contribution in [3.8, 4) is 5.88 Å². The molecule has 1 aromatic heterocycles. The molecule has 0 spiro atoms. The van der Waals surface area contributed by atoms with Crippen LogP contribution in [0, 0.1) is 0 Å². The zero-order valence-corrected chi connectivity index (χ0v) is 12.1. The van der Waals surface area contributed by atoms with Gasteiger partial charge in [0.25, 0.3) is 0 Å². The number of anilines is 2. The molecular weight excluding hydrogens is 268 g/mol. The molecule has 0 saturated carbocycles. The van der Waals surface area contributed by atoms with Gasteiger partial charge in [-0.2, -0.15) is 4.98 Å². The lowest BCUT2D eigenvalue weighted by molar-refractivity contribution is 0.234. The van der Waals surface area contributed by atoms with Gasteiger partial charge in [-0.25, -0.2) is 13.1 Å². The predicted molar refractivity (Wildman–Crippen MR) is 75.7 cm³/mol. The zero-order chi connectivity index (χ0) is 14.5. The molecule has 8 heteroatoms. The summed E-state index contributed by atoms with van der Waals surface area (Å²) in [5.41, 5.74) is 6.18. The summed E-state index contributed by atoms with van der Waals surface area (Å²) in [6, 6.07) is 3.34. The van der Waals surface area contributed by atoms with Crippen molar-refractivity contribution in [3.05, 3.63) is 12.1 Å². The highest BCUT2D eigenvalue weighted by molar-refractivity contribution is 7.89. The van der Waals surface area contributed by atoms with E-state index in [0.29, 0.717) is 17.4 Å². The molecule has 0 aliphatic carbocycles. The van der Waals surface area contributed by atoms with Crippen molar-refractivity contribution in [2.75, 3.05) is 30.4 Å². The Balaban J connectivity index is 2.64. The Labute approximate surface area is 113 Å². The molecule has 0 saturated heterocycles. The molecule has 0 amide bonds. The number of rotatable bonds is 7. The van der Waals surface area contributed by atoms with Crippen LogP contribution in [0.3, 0.4) is 0 Å². The summed E-state index contributed by atoms with van der Waals surface area (Å²) in [7, 11) is -1.84. The molecule has 4 N–H and O–H groups in total. The van der Waals surface area contributed by atoms with Crippen LogP contribution in [-0.4, -0.2) is 38.9 Å². The molecule has 108 valence electrons. The van der Waals surface area contributed by atoms with Gasteiger partial charge < -0.3 is 15.8 Å². The van der Waals surface area contributed by atoms with E-state index in [2.05, 4.69) is 15.0 Å². The van der Waals surface area contributed by atoms with Crippen LogP contribution in [0.4, 0.5) is 11.5 Å². The Morgan fingerprint density at radius 1 is 1.42 bits per heavy atom. The number of aromatic nitrogens is 1. The van der Waals surface area contributed by atoms with Gasteiger partial charge >= 0.3 is 0 Å². The third-order valence-electron chi connectivity index (χ3n) is 2.22. The van der Waals surface area contributed by atoms with Gasteiger partial charge in [-0.15, -0.1) is 0 Å². The van der Waals surface area contributed by atoms with E-state index in [1.165, 1.54) is 7.05 Å². The fourth-order valence-electron chi connectivity index (χ4n) is 1.28. The van der Waals surface area contributed by atoms with Gasteiger partial charge in [-0.05, 0) is 33.0 Å². The second-order valence-electron chi connectivity index (χ2n) is 4.21. The number of nitrogens with zero attached hydrogens (tertiary/aromatic N) is 1. The summed E-state index contributed by atoms with van der Waals surface area (Å²) < 4.78 is 30.2. The average molecular weight is 288 g/mol. The molecular formula is C11H20N4O3S. The largest absolute Gasteiger partial charge is 0.473 e. The quantitative estimate of drug-likeness (QED) is 0.671. The first-order valence-corrected chi connectivity index (χ1v) is 7.57. The van der Waals surface area contributed by atoms with Gasteiger partial charge in [0.2, 0.25) is 15.9 Å². The minimum Gasteiger partial charge on any atom is -0.473 e. The zero-order valence-electron chi connectivity index (χ0n) is 11.3. The second-order valence-corrected chi connectivity index (χ2v) is 6.25. The second kappa shape index (κ2) is 6.58. The van der Waals surface area contributed by atoms with E-state index >= 15 is 0 Å². The maximum atomic E-state index is 11.2. The van der Waals surface area contributed by atoms with E-state index in [-0.39, 0.29) is 18.4 Å².